The number of nitrogens with zero attached hydrogens (tertiary/aromatic N) is 2. The van der Waals surface area contributed by atoms with Gasteiger partial charge in [-0.2, -0.15) is 5.10 Å². The highest BCUT2D eigenvalue weighted by Gasteiger charge is 2.02. The third-order valence-electron chi connectivity index (χ3n) is 2.56. The van der Waals surface area contributed by atoms with E-state index in [1.807, 2.05) is 12.1 Å². The molecular weight excluding hydrogens is 324 g/mol. The van der Waals surface area contributed by atoms with Gasteiger partial charge in [0.25, 0.3) is 5.91 Å². The Labute approximate surface area is 125 Å². The van der Waals surface area contributed by atoms with Crippen LogP contribution in [0.4, 0.5) is 0 Å². The number of nitrogens with one attached hydrogen (secondary N) is 2. The fourth-order valence-electron chi connectivity index (χ4n) is 1.57. The first-order chi connectivity index (χ1) is 9.74. The summed E-state index contributed by atoms with van der Waals surface area (Å²) < 4.78 is 6.34. The van der Waals surface area contributed by atoms with Gasteiger partial charge in [0.2, 0.25) is 0 Å². The molecular formula is C13H15BrN4O2. The minimum atomic E-state index is -0.134. The molecule has 0 aliphatic rings. The van der Waals surface area contributed by atoms with Crippen molar-refractivity contribution in [2.75, 3.05) is 13.2 Å². The number of aromatic amines is 1. The first-order valence-corrected chi connectivity index (χ1v) is 7.02. The summed E-state index contributed by atoms with van der Waals surface area (Å²) in [5.74, 6) is 1.36. The van der Waals surface area contributed by atoms with E-state index in [1.165, 1.54) is 6.33 Å². The highest BCUT2D eigenvalue weighted by molar-refractivity contribution is 9.10. The molecule has 0 atom stereocenters. The van der Waals surface area contributed by atoms with Gasteiger partial charge in [0.05, 0.1) is 0 Å². The smallest absolute Gasteiger partial charge is 0.257 e. The Morgan fingerprint density at radius 2 is 2.15 bits per heavy atom. The third-order valence-corrected chi connectivity index (χ3v) is 3.09. The molecule has 0 aliphatic heterocycles. The van der Waals surface area contributed by atoms with Gasteiger partial charge in [-0.05, 0) is 30.7 Å². The number of carbonyl (C=O) groups excluding carboxylic acids is 1. The van der Waals surface area contributed by atoms with Crippen LogP contribution in [0.25, 0.3) is 0 Å². The molecule has 0 saturated heterocycles. The summed E-state index contributed by atoms with van der Waals surface area (Å²) in [6.45, 7) is 0.604. The summed E-state index contributed by atoms with van der Waals surface area (Å²) in [7, 11) is 0. The number of rotatable bonds is 7. The Balaban J connectivity index is 1.59. The fraction of sp³-hybridized carbons (Fsp3) is 0.308. The van der Waals surface area contributed by atoms with E-state index >= 15 is 0 Å². The van der Waals surface area contributed by atoms with Crippen LogP contribution in [0.2, 0.25) is 0 Å². The number of H-pyrrole nitrogens is 1. The Kier molecular flexibility index (Phi) is 5.55. The molecule has 0 fully saturated rings. The molecule has 2 N–H and O–H groups in total. The Hall–Kier alpha value is -1.89. The van der Waals surface area contributed by atoms with E-state index < -0.39 is 0 Å². The molecule has 0 aliphatic carbocycles. The molecule has 1 aromatic heterocycles. The number of benzene rings is 1. The van der Waals surface area contributed by atoms with E-state index in [0.717, 1.165) is 23.1 Å². The maximum absolute atomic E-state index is 11.6. The average Bonchev–Trinajstić information content (AvgIpc) is 2.96. The maximum atomic E-state index is 11.6. The molecule has 6 nitrogen and oxygen atoms in total. The first-order valence-electron chi connectivity index (χ1n) is 6.23. The zero-order chi connectivity index (χ0) is 14.2. The molecule has 2 rings (SSSR count). The van der Waals surface area contributed by atoms with Gasteiger partial charge in [-0.15, -0.1) is 0 Å². The topological polar surface area (TPSA) is 79.9 Å². The lowest BCUT2D eigenvalue weighted by Crippen LogP contribution is -2.29. The number of hydrogen-bond acceptors (Lipinski definition) is 4. The predicted molar refractivity (Wildman–Crippen MR) is 77.4 cm³/mol. The number of amides is 1. The summed E-state index contributed by atoms with van der Waals surface area (Å²) >= 11 is 3.34. The van der Waals surface area contributed by atoms with Crippen LogP contribution >= 0.6 is 15.9 Å². The van der Waals surface area contributed by atoms with Crippen molar-refractivity contribution in [3.8, 4) is 5.75 Å². The second-order valence-corrected chi connectivity index (χ2v) is 5.04. The van der Waals surface area contributed by atoms with Crippen LogP contribution in [0.15, 0.2) is 35.1 Å². The molecule has 0 unspecified atom stereocenters. The van der Waals surface area contributed by atoms with Crippen LogP contribution in [0, 0.1) is 0 Å². The summed E-state index contributed by atoms with van der Waals surface area (Å²) in [5, 5.41) is 9.32. The van der Waals surface area contributed by atoms with Crippen molar-refractivity contribution in [3.63, 3.8) is 0 Å². The number of hydrogen-bond donors (Lipinski definition) is 2. The minimum Gasteiger partial charge on any atom is -0.484 e. The molecule has 2 aromatic rings. The van der Waals surface area contributed by atoms with Crippen molar-refractivity contribution in [1.29, 1.82) is 0 Å². The Bertz CT molecular complexity index is 528. The molecule has 0 saturated carbocycles. The average molecular weight is 339 g/mol. The zero-order valence-corrected chi connectivity index (χ0v) is 12.4. The standard InChI is InChI=1S/C13H15BrN4O2/c14-10-3-5-11(6-4-10)20-8-13(19)15-7-1-2-12-16-9-17-18-12/h3-6,9H,1-2,7-8H2,(H,15,19)(H,16,17,18). The van der Waals surface area contributed by atoms with Gasteiger partial charge in [-0.3, -0.25) is 9.89 Å². The van der Waals surface area contributed by atoms with Gasteiger partial charge in [0.15, 0.2) is 6.61 Å². The molecule has 106 valence electrons. The van der Waals surface area contributed by atoms with Crippen molar-refractivity contribution < 1.29 is 9.53 Å². The lowest BCUT2D eigenvalue weighted by atomic mass is 10.3. The lowest BCUT2D eigenvalue weighted by Gasteiger charge is -2.07. The van der Waals surface area contributed by atoms with Crippen LogP contribution in [0.5, 0.6) is 5.75 Å². The summed E-state index contributed by atoms with van der Waals surface area (Å²) in [6, 6.07) is 7.35. The van der Waals surface area contributed by atoms with Gasteiger partial charge in [-0.25, -0.2) is 4.98 Å². The van der Waals surface area contributed by atoms with Crippen molar-refractivity contribution in [2.24, 2.45) is 0 Å². The zero-order valence-electron chi connectivity index (χ0n) is 10.8. The summed E-state index contributed by atoms with van der Waals surface area (Å²) in [5.41, 5.74) is 0. The number of carbonyl (C=O) groups is 1. The van der Waals surface area contributed by atoms with E-state index in [4.69, 9.17) is 4.74 Å². The van der Waals surface area contributed by atoms with Gasteiger partial charge in [-0.1, -0.05) is 15.9 Å². The largest absolute Gasteiger partial charge is 0.484 e. The minimum absolute atomic E-state index is 0.0178. The Morgan fingerprint density at radius 1 is 1.35 bits per heavy atom. The molecule has 0 bridgehead atoms. The third kappa shape index (κ3) is 5.00. The van der Waals surface area contributed by atoms with E-state index in [1.54, 1.807) is 12.1 Å². The van der Waals surface area contributed by atoms with Crippen molar-refractivity contribution >= 4 is 21.8 Å². The summed E-state index contributed by atoms with van der Waals surface area (Å²) in [4.78, 5) is 15.6. The maximum Gasteiger partial charge on any atom is 0.257 e. The molecule has 0 spiro atoms. The molecule has 20 heavy (non-hydrogen) atoms. The van der Waals surface area contributed by atoms with Gasteiger partial charge in [0, 0.05) is 17.4 Å². The fourth-order valence-corrected chi connectivity index (χ4v) is 1.83. The van der Waals surface area contributed by atoms with Crippen molar-refractivity contribution in [2.45, 2.75) is 12.8 Å². The molecule has 1 aromatic carbocycles. The number of aromatic nitrogens is 3. The van der Waals surface area contributed by atoms with Crippen LogP contribution in [-0.4, -0.2) is 34.2 Å². The van der Waals surface area contributed by atoms with Gasteiger partial charge in [0.1, 0.15) is 17.9 Å². The van der Waals surface area contributed by atoms with Gasteiger partial charge < -0.3 is 10.1 Å². The quantitative estimate of drug-likeness (QED) is 0.753. The molecule has 7 heteroatoms. The summed E-state index contributed by atoms with van der Waals surface area (Å²) in [6.07, 6.45) is 3.03. The monoisotopic (exact) mass is 338 g/mol. The van der Waals surface area contributed by atoms with Crippen LogP contribution in [-0.2, 0) is 11.2 Å². The van der Waals surface area contributed by atoms with Gasteiger partial charge >= 0.3 is 0 Å². The number of halogens is 1. The van der Waals surface area contributed by atoms with E-state index in [2.05, 4.69) is 36.4 Å². The van der Waals surface area contributed by atoms with E-state index in [-0.39, 0.29) is 12.5 Å². The number of aryl methyl sites for hydroxylation is 1. The molecule has 1 amide bonds. The van der Waals surface area contributed by atoms with Crippen LogP contribution in [0.3, 0.4) is 0 Å². The SMILES string of the molecule is O=C(COc1ccc(Br)cc1)NCCCc1ncn[nH]1. The second-order valence-electron chi connectivity index (χ2n) is 4.13. The predicted octanol–water partition coefficient (Wildman–Crippen LogP) is 1.69. The molecule has 1 heterocycles. The second kappa shape index (κ2) is 7.64. The number of ether oxygens (including phenoxy) is 1. The van der Waals surface area contributed by atoms with Crippen LogP contribution < -0.4 is 10.1 Å². The Morgan fingerprint density at radius 3 is 2.85 bits per heavy atom. The highest BCUT2D eigenvalue weighted by atomic mass is 79.9. The molecule has 0 radical (unpaired) electrons. The van der Waals surface area contributed by atoms with Crippen molar-refractivity contribution in [1.82, 2.24) is 20.5 Å². The highest BCUT2D eigenvalue weighted by Crippen LogP contribution is 2.15. The normalized spacial score (nSPS) is 10.2. The lowest BCUT2D eigenvalue weighted by molar-refractivity contribution is -0.123. The first kappa shape index (κ1) is 14.5. The van der Waals surface area contributed by atoms with Crippen LogP contribution in [0.1, 0.15) is 12.2 Å². The van der Waals surface area contributed by atoms with Crippen molar-refractivity contribution in [3.05, 3.63) is 40.9 Å². The van der Waals surface area contributed by atoms with E-state index in [9.17, 15) is 4.79 Å². The van der Waals surface area contributed by atoms with E-state index in [0.29, 0.717) is 12.3 Å².